The number of esters is 1. The average Bonchev–Trinajstić information content (AvgIpc) is 2.71. The van der Waals surface area contributed by atoms with Crippen LogP contribution >= 0.6 is 7.82 Å². The number of phosphoric ester groups is 1. The lowest BCUT2D eigenvalue weighted by atomic mass is 9.91. The molecule has 0 heterocycles. The summed E-state index contributed by atoms with van der Waals surface area (Å²) in [5.41, 5.74) is 1.11. The molecule has 0 aliphatic carbocycles. The van der Waals surface area contributed by atoms with E-state index in [1.807, 2.05) is 74.5 Å². The van der Waals surface area contributed by atoms with Crippen LogP contribution in [0.2, 0.25) is 0 Å². The summed E-state index contributed by atoms with van der Waals surface area (Å²) < 4.78 is 34.6. The number of methoxy groups -OCH3 is 1. The van der Waals surface area contributed by atoms with Crippen LogP contribution in [0.4, 0.5) is 0 Å². The maximum Gasteiger partial charge on any atom is 0.475 e. The highest BCUT2D eigenvalue weighted by atomic mass is 31.2. The topological polar surface area (TPSA) is 71.1 Å². The quantitative estimate of drug-likeness (QED) is 0.380. The predicted octanol–water partition coefficient (Wildman–Crippen LogP) is 5.13. The number of carbonyl (C=O) groups is 1. The Morgan fingerprint density at radius 3 is 1.75 bits per heavy atom. The first-order valence-electron chi connectivity index (χ1n) is 9.00. The molecule has 2 rings (SSSR count). The minimum Gasteiger partial charge on any atom is -0.469 e. The van der Waals surface area contributed by atoms with Crippen LogP contribution in [0, 0.1) is 5.41 Å². The van der Waals surface area contributed by atoms with Gasteiger partial charge < -0.3 is 4.74 Å². The first-order valence-corrected chi connectivity index (χ1v) is 10.5. The molecule has 7 heteroatoms. The standard InChI is InChI=1S/C21H27O6P/c1-21(2,14-20(22)24-3)17-27-28(23,25-15-18-10-6-4-7-11-18)26-16-19-12-8-5-9-13-19/h4-13H,14-17H2,1-3H3. The summed E-state index contributed by atoms with van der Waals surface area (Å²) in [4.78, 5) is 11.6. The fourth-order valence-electron chi connectivity index (χ4n) is 2.34. The number of phosphoric acid groups is 1. The van der Waals surface area contributed by atoms with Gasteiger partial charge in [-0.15, -0.1) is 0 Å². The van der Waals surface area contributed by atoms with Crippen LogP contribution in [-0.4, -0.2) is 19.7 Å². The number of hydrogen-bond donors (Lipinski definition) is 0. The van der Waals surface area contributed by atoms with Crippen LogP contribution in [0.3, 0.4) is 0 Å². The molecule has 0 aliphatic rings. The minimum absolute atomic E-state index is 0.0168. The molecule has 0 aromatic heterocycles. The molecule has 2 aromatic carbocycles. The highest BCUT2D eigenvalue weighted by Crippen LogP contribution is 2.52. The van der Waals surface area contributed by atoms with Crippen molar-refractivity contribution in [1.82, 2.24) is 0 Å². The van der Waals surface area contributed by atoms with Crippen LogP contribution in [0.1, 0.15) is 31.4 Å². The third kappa shape index (κ3) is 7.95. The van der Waals surface area contributed by atoms with Gasteiger partial charge in [0.05, 0.1) is 33.4 Å². The summed E-state index contributed by atoms with van der Waals surface area (Å²) in [6, 6.07) is 18.7. The molecule has 0 amide bonds. The van der Waals surface area contributed by atoms with Crippen molar-refractivity contribution < 1.29 is 27.7 Å². The molecule has 0 radical (unpaired) electrons. The van der Waals surface area contributed by atoms with Gasteiger partial charge in [0.25, 0.3) is 0 Å². The third-order valence-corrected chi connectivity index (χ3v) is 5.26. The molecule has 0 aliphatic heterocycles. The highest BCUT2D eigenvalue weighted by molar-refractivity contribution is 7.48. The Balaban J connectivity index is 2.03. The number of rotatable bonds is 11. The summed E-state index contributed by atoms with van der Waals surface area (Å²) >= 11 is 0. The Morgan fingerprint density at radius 2 is 1.32 bits per heavy atom. The maximum absolute atomic E-state index is 13.2. The molecule has 0 spiro atoms. The lowest BCUT2D eigenvalue weighted by molar-refractivity contribution is -0.143. The van der Waals surface area contributed by atoms with Gasteiger partial charge in [-0.3, -0.25) is 18.4 Å². The van der Waals surface area contributed by atoms with Crippen LogP contribution < -0.4 is 0 Å². The van der Waals surface area contributed by atoms with E-state index in [9.17, 15) is 9.36 Å². The minimum atomic E-state index is -3.85. The highest BCUT2D eigenvalue weighted by Gasteiger charge is 2.32. The molecule has 28 heavy (non-hydrogen) atoms. The second kappa shape index (κ2) is 10.5. The molecule has 0 saturated carbocycles. The Hall–Kier alpha value is -1.98. The van der Waals surface area contributed by atoms with Gasteiger partial charge in [0.1, 0.15) is 0 Å². The Labute approximate surface area is 166 Å². The van der Waals surface area contributed by atoms with Gasteiger partial charge in [-0.1, -0.05) is 74.5 Å². The zero-order chi connectivity index (χ0) is 20.5. The second-order valence-corrected chi connectivity index (χ2v) is 8.82. The molecule has 0 unspecified atom stereocenters. The van der Waals surface area contributed by atoms with E-state index in [0.717, 1.165) is 11.1 Å². The van der Waals surface area contributed by atoms with Crippen molar-refractivity contribution in [3.05, 3.63) is 71.8 Å². The van der Waals surface area contributed by atoms with Crippen molar-refractivity contribution in [2.75, 3.05) is 13.7 Å². The smallest absolute Gasteiger partial charge is 0.469 e. The Kier molecular flexibility index (Phi) is 8.39. The van der Waals surface area contributed by atoms with E-state index in [1.54, 1.807) is 0 Å². The Bertz CT molecular complexity index is 728. The number of carbonyl (C=O) groups excluding carboxylic acids is 1. The largest absolute Gasteiger partial charge is 0.475 e. The number of ether oxygens (including phenoxy) is 1. The molecule has 2 aromatic rings. The SMILES string of the molecule is COC(=O)CC(C)(C)COP(=O)(OCc1ccccc1)OCc1ccccc1. The van der Waals surface area contributed by atoms with Crippen LogP contribution in [0.15, 0.2) is 60.7 Å². The van der Waals surface area contributed by atoms with Crippen molar-refractivity contribution in [3.63, 3.8) is 0 Å². The first-order chi connectivity index (χ1) is 13.3. The fraction of sp³-hybridized carbons (Fsp3) is 0.381. The van der Waals surface area contributed by atoms with Gasteiger partial charge in [-0.2, -0.15) is 0 Å². The van der Waals surface area contributed by atoms with Crippen LogP contribution in [0.25, 0.3) is 0 Å². The van der Waals surface area contributed by atoms with Crippen LogP contribution in [0.5, 0.6) is 0 Å². The Morgan fingerprint density at radius 1 is 0.857 bits per heavy atom. The van der Waals surface area contributed by atoms with E-state index >= 15 is 0 Å². The predicted molar refractivity (Wildman–Crippen MR) is 106 cm³/mol. The van der Waals surface area contributed by atoms with Crippen molar-refractivity contribution in [2.45, 2.75) is 33.5 Å². The van der Waals surface area contributed by atoms with Gasteiger partial charge in [0.15, 0.2) is 0 Å². The van der Waals surface area contributed by atoms with Gasteiger partial charge in [0, 0.05) is 0 Å². The zero-order valence-electron chi connectivity index (χ0n) is 16.5. The molecule has 152 valence electrons. The van der Waals surface area contributed by atoms with Crippen LogP contribution in [-0.2, 0) is 40.9 Å². The molecule has 0 N–H and O–H groups in total. The van der Waals surface area contributed by atoms with E-state index in [4.69, 9.17) is 18.3 Å². The maximum atomic E-state index is 13.2. The lowest BCUT2D eigenvalue weighted by Crippen LogP contribution is -2.24. The molecular formula is C21H27O6P. The van der Waals surface area contributed by atoms with Crippen molar-refractivity contribution >= 4 is 13.8 Å². The summed E-state index contributed by atoms with van der Waals surface area (Å²) in [7, 11) is -2.52. The third-order valence-electron chi connectivity index (χ3n) is 3.93. The molecule has 0 bridgehead atoms. The van der Waals surface area contributed by atoms with Gasteiger partial charge in [-0.05, 0) is 16.5 Å². The summed E-state index contributed by atoms with van der Waals surface area (Å²) in [6.45, 7) is 3.84. The van der Waals surface area contributed by atoms with Crippen molar-refractivity contribution in [1.29, 1.82) is 0 Å². The number of hydrogen-bond acceptors (Lipinski definition) is 6. The average molecular weight is 406 g/mol. The monoisotopic (exact) mass is 406 g/mol. The van der Waals surface area contributed by atoms with E-state index in [-0.39, 0.29) is 32.2 Å². The second-order valence-electron chi connectivity index (χ2n) is 7.16. The zero-order valence-corrected chi connectivity index (χ0v) is 17.4. The molecule has 0 saturated heterocycles. The first kappa shape index (κ1) is 22.3. The molecule has 0 fully saturated rings. The van der Waals surface area contributed by atoms with Gasteiger partial charge in [-0.25, -0.2) is 4.57 Å². The summed E-state index contributed by atoms with van der Waals surface area (Å²) in [6.07, 6.45) is 0.126. The molecular weight excluding hydrogens is 379 g/mol. The van der Waals surface area contributed by atoms with Gasteiger partial charge in [0.2, 0.25) is 0 Å². The normalized spacial score (nSPS) is 12.0. The van der Waals surface area contributed by atoms with Crippen molar-refractivity contribution in [2.24, 2.45) is 5.41 Å². The lowest BCUT2D eigenvalue weighted by Gasteiger charge is -2.26. The number of benzene rings is 2. The van der Waals surface area contributed by atoms with E-state index < -0.39 is 13.2 Å². The summed E-state index contributed by atoms with van der Waals surface area (Å²) in [5, 5.41) is 0. The van der Waals surface area contributed by atoms with E-state index in [1.165, 1.54) is 7.11 Å². The fourth-order valence-corrected chi connectivity index (χ4v) is 3.68. The van der Waals surface area contributed by atoms with E-state index in [2.05, 4.69) is 0 Å². The van der Waals surface area contributed by atoms with E-state index in [0.29, 0.717) is 0 Å². The summed E-state index contributed by atoms with van der Waals surface area (Å²) in [5.74, 6) is -0.362. The van der Waals surface area contributed by atoms with Crippen molar-refractivity contribution in [3.8, 4) is 0 Å². The molecule has 0 atom stereocenters. The molecule has 6 nitrogen and oxygen atoms in total. The van der Waals surface area contributed by atoms with Gasteiger partial charge >= 0.3 is 13.8 Å².